The van der Waals surface area contributed by atoms with Crippen LogP contribution in [0.3, 0.4) is 0 Å². The highest BCUT2D eigenvalue weighted by molar-refractivity contribution is 5.80. The summed E-state index contributed by atoms with van der Waals surface area (Å²) >= 11 is 0. The van der Waals surface area contributed by atoms with Gasteiger partial charge < -0.3 is 9.84 Å². The van der Waals surface area contributed by atoms with Crippen molar-refractivity contribution >= 4 is 11.9 Å². The maximum Gasteiger partial charge on any atom is 0.303 e. The Hall–Kier alpha value is -1.06. The van der Waals surface area contributed by atoms with E-state index in [-0.39, 0.29) is 6.42 Å². The van der Waals surface area contributed by atoms with E-state index in [1.807, 2.05) is 0 Å². The molecule has 1 aliphatic heterocycles. The summed E-state index contributed by atoms with van der Waals surface area (Å²) in [6.45, 7) is 1.45. The predicted octanol–water partition coefficient (Wildman–Crippen LogP) is 0.670. The van der Waals surface area contributed by atoms with E-state index < -0.39 is 5.97 Å². The minimum absolute atomic E-state index is 0.110. The summed E-state index contributed by atoms with van der Waals surface area (Å²) in [4.78, 5) is 14.2. The van der Waals surface area contributed by atoms with Crippen LogP contribution in [0.15, 0.2) is 4.99 Å². The van der Waals surface area contributed by atoms with Crippen LogP contribution in [0.4, 0.5) is 0 Å². The molecular weight excluding hydrogens is 146 g/mol. The largest absolute Gasteiger partial charge is 0.481 e. The first-order valence-corrected chi connectivity index (χ1v) is 3.67. The lowest BCUT2D eigenvalue weighted by Crippen LogP contribution is -2.14. The fraction of sp³-hybridized carbons (Fsp3) is 0.714. The molecule has 0 saturated carbocycles. The number of carboxylic acid groups (broad SMARTS) is 1. The van der Waals surface area contributed by atoms with E-state index in [0.29, 0.717) is 18.9 Å². The molecule has 0 amide bonds. The van der Waals surface area contributed by atoms with E-state index in [1.165, 1.54) is 0 Å². The maximum atomic E-state index is 10.1. The first-order chi connectivity index (χ1) is 5.29. The highest BCUT2D eigenvalue weighted by Gasteiger charge is 2.07. The zero-order valence-corrected chi connectivity index (χ0v) is 6.25. The average Bonchev–Trinajstić information content (AvgIpc) is 2.03. The molecule has 1 rings (SSSR count). The lowest BCUT2D eigenvalue weighted by molar-refractivity contribution is -0.136. The van der Waals surface area contributed by atoms with Crippen LogP contribution < -0.4 is 0 Å². The van der Waals surface area contributed by atoms with Crippen LogP contribution in [0, 0.1) is 0 Å². The van der Waals surface area contributed by atoms with Crippen molar-refractivity contribution < 1.29 is 14.6 Å². The van der Waals surface area contributed by atoms with Crippen LogP contribution in [-0.2, 0) is 9.53 Å². The molecular formula is C7H11NO3. The molecule has 11 heavy (non-hydrogen) atoms. The van der Waals surface area contributed by atoms with Crippen LogP contribution >= 0.6 is 0 Å². The Labute approximate surface area is 64.9 Å². The van der Waals surface area contributed by atoms with Crippen molar-refractivity contribution in [3.05, 3.63) is 0 Å². The summed E-state index contributed by atoms with van der Waals surface area (Å²) in [6.07, 6.45) is 1.48. The normalized spacial score (nSPS) is 16.9. The SMILES string of the molecule is O=C(O)CCC1=NCCCO1. The van der Waals surface area contributed by atoms with Gasteiger partial charge in [0.05, 0.1) is 13.0 Å². The lowest BCUT2D eigenvalue weighted by Gasteiger charge is -2.12. The van der Waals surface area contributed by atoms with E-state index in [2.05, 4.69) is 4.99 Å². The number of hydrogen-bond acceptors (Lipinski definition) is 3. The molecule has 62 valence electrons. The summed E-state index contributed by atoms with van der Waals surface area (Å²) in [7, 11) is 0. The van der Waals surface area contributed by atoms with Gasteiger partial charge in [-0.05, 0) is 0 Å². The fourth-order valence-corrected chi connectivity index (χ4v) is 0.869. The molecule has 0 aromatic rings. The van der Waals surface area contributed by atoms with E-state index in [0.717, 1.165) is 13.0 Å². The Kier molecular flexibility index (Phi) is 2.89. The van der Waals surface area contributed by atoms with E-state index >= 15 is 0 Å². The van der Waals surface area contributed by atoms with Crippen molar-refractivity contribution in [2.24, 2.45) is 4.99 Å². The smallest absolute Gasteiger partial charge is 0.303 e. The van der Waals surface area contributed by atoms with E-state index in [1.54, 1.807) is 0 Å². The quantitative estimate of drug-likeness (QED) is 0.655. The zero-order valence-electron chi connectivity index (χ0n) is 6.25. The van der Waals surface area contributed by atoms with Crippen molar-refractivity contribution in [1.29, 1.82) is 0 Å². The van der Waals surface area contributed by atoms with Gasteiger partial charge in [-0.15, -0.1) is 0 Å². The second kappa shape index (κ2) is 3.95. The molecule has 0 saturated heterocycles. The highest BCUT2D eigenvalue weighted by Crippen LogP contribution is 2.02. The van der Waals surface area contributed by atoms with Crippen molar-refractivity contribution in [3.8, 4) is 0 Å². The maximum absolute atomic E-state index is 10.1. The molecule has 1 aliphatic rings. The minimum atomic E-state index is -0.804. The predicted molar refractivity (Wildman–Crippen MR) is 39.7 cm³/mol. The van der Waals surface area contributed by atoms with Crippen molar-refractivity contribution in [2.75, 3.05) is 13.2 Å². The Bertz CT molecular complexity index is 177. The standard InChI is InChI=1S/C7H11NO3/c9-7(10)3-2-6-8-4-1-5-11-6/h1-5H2,(H,9,10). The van der Waals surface area contributed by atoms with Crippen LogP contribution in [0.25, 0.3) is 0 Å². The summed E-state index contributed by atoms with van der Waals surface area (Å²) in [5, 5.41) is 8.33. The number of aliphatic imine (C=N–C) groups is 1. The number of nitrogens with zero attached hydrogens (tertiary/aromatic N) is 1. The molecule has 0 bridgehead atoms. The number of carbonyl (C=O) groups is 1. The monoisotopic (exact) mass is 157 g/mol. The van der Waals surface area contributed by atoms with Crippen LogP contribution in [-0.4, -0.2) is 30.1 Å². The van der Waals surface area contributed by atoms with Gasteiger partial charge in [0.15, 0.2) is 5.90 Å². The summed E-state index contributed by atoms with van der Waals surface area (Å²) in [5.74, 6) is -0.208. The number of aliphatic carboxylic acids is 1. The lowest BCUT2D eigenvalue weighted by atomic mass is 10.3. The Balaban J connectivity index is 2.24. The van der Waals surface area contributed by atoms with Gasteiger partial charge in [0.25, 0.3) is 0 Å². The molecule has 4 heteroatoms. The van der Waals surface area contributed by atoms with Gasteiger partial charge in [0.2, 0.25) is 0 Å². The van der Waals surface area contributed by atoms with Gasteiger partial charge >= 0.3 is 5.97 Å². The van der Waals surface area contributed by atoms with E-state index in [9.17, 15) is 4.79 Å². The van der Waals surface area contributed by atoms with Crippen molar-refractivity contribution in [2.45, 2.75) is 19.3 Å². The average molecular weight is 157 g/mol. The third kappa shape index (κ3) is 3.02. The Morgan fingerprint density at radius 3 is 3.09 bits per heavy atom. The third-order valence-corrected chi connectivity index (χ3v) is 1.41. The molecule has 0 atom stereocenters. The molecule has 4 nitrogen and oxygen atoms in total. The van der Waals surface area contributed by atoms with Gasteiger partial charge in [-0.25, -0.2) is 0 Å². The summed E-state index contributed by atoms with van der Waals surface area (Å²) in [6, 6.07) is 0. The Morgan fingerprint density at radius 2 is 2.55 bits per heavy atom. The molecule has 0 aliphatic carbocycles. The number of hydrogen-bond donors (Lipinski definition) is 1. The van der Waals surface area contributed by atoms with Gasteiger partial charge in [-0.3, -0.25) is 9.79 Å². The van der Waals surface area contributed by atoms with Gasteiger partial charge in [-0.2, -0.15) is 0 Å². The first kappa shape index (κ1) is 8.04. The van der Waals surface area contributed by atoms with Gasteiger partial charge in [0.1, 0.15) is 0 Å². The van der Waals surface area contributed by atoms with Gasteiger partial charge in [-0.1, -0.05) is 0 Å². The molecule has 0 spiro atoms. The molecule has 0 aromatic heterocycles. The topological polar surface area (TPSA) is 58.9 Å². The molecule has 0 fully saturated rings. The van der Waals surface area contributed by atoms with Gasteiger partial charge in [0, 0.05) is 19.4 Å². The highest BCUT2D eigenvalue weighted by atomic mass is 16.5. The van der Waals surface area contributed by atoms with Crippen molar-refractivity contribution in [1.82, 2.24) is 0 Å². The first-order valence-electron chi connectivity index (χ1n) is 3.67. The minimum Gasteiger partial charge on any atom is -0.481 e. The van der Waals surface area contributed by atoms with Crippen LogP contribution in [0.2, 0.25) is 0 Å². The van der Waals surface area contributed by atoms with Crippen LogP contribution in [0.5, 0.6) is 0 Å². The zero-order chi connectivity index (χ0) is 8.10. The molecule has 0 radical (unpaired) electrons. The second-order valence-corrected chi connectivity index (χ2v) is 2.37. The summed E-state index contributed by atoms with van der Waals surface area (Å²) in [5.41, 5.74) is 0. The fourth-order valence-electron chi connectivity index (χ4n) is 0.869. The number of carboxylic acids is 1. The molecule has 0 aromatic carbocycles. The summed E-state index contributed by atoms with van der Waals surface area (Å²) < 4.78 is 5.12. The van der Waals surface area contributed by atoms with Crippen LogP contribution in [0.1, 0.15) is 19.3 Å². The van der Waals surface area contributed by atoms with Crippen molar-refractivity contribution in [3.63, 3.8) is 0 Å². The number of ether oxygens (including phenoxy) is 1. The Morgan fingerprint density at radius 1 is 1.73 bits per heavy atom. The second-order valence-electron chi connectivity index (χ2n) is 2.37. The number of rotatable bonds is 3. The molecule has 1 heterocycles. The third-order valence-electron chi connectivity index (χ3n) is 1.41. The van der Waals surface area contributed by atoms with E-state index in [4.69, 9.17) is 9.84 Å². The molecule has 1 N–H and O–H groups in total. The molecule has 0 unspecified atom stereocenters.